The Balaban J connectivity index is 1.28. The Bertz CT molecular complexity index is 1280. The molecule has 3 aromatic rings. The highest BCUT2D eigenvalue weighted by atomic mass is 35.5. The van der Waals surface area contributed by atoms with Crippen LogP contribution in [0.5, 0.6) is 0 Å². The first kappa shape index (κ1) is 21.9. The summed E-state index contributed by atoms with van der Waals surface area (Å²) >= 11 is 9.05. The van der Waals surface area contributed by atoms with E-state index in [1.165, 1.54) is 16.7 Å². The van der Waals surface area contributed by atoms with Crippen LogP contribution in [-0.2, 0) is 19.1 Å². The fraction of sp³-hybridized carbons (Fsp3) is 0.125. The largest absolute Gasteiger partial charge is 0.455 e. The maximum absolute atomic E-state index is 13.2. The summed E-state index contributed by atoms with van der Waals surface area (Å²) in [4.78, 5) is 42.2. The number of amides is 2. The van der Waals surface area contributed by atoms with E-state index in [4.69, 9.17) is 16.3 Å². The quantitative estimate of drug-likeness (QED) is 0.479. The lowest BCUT2D eigenvalue weighted by Gasteiger charge is -2.31. The molecule has 9 heteroatoms. The van der Waals surface area contributed by atoms with Gasteiger partial charge in [-0.15, -0.1) is 11.8 Å². The van der Waals surface area contributed by atoms with Crippen LogP contribution in [0, 0.1) is 0 Å². The van der Waals surface area contributed by atoms with E-state index in [-0.39, 0.29) is 12.3 Å². The summed E-state index contributed by atoms with van der Waals surface area (Å²) in [6.45, 7) is -0.445. The fourth-order valence-corrected chi connectivity index (χ4v) is 5.94. The predicted molar refractivity (Wildman–Crippen MR) is 129 cm³/mol. The van der Waals surface area contributed by atoms with E-state index in [1.54, 1.807) is 23.9 Å². The molecule has 2 heterocycles. The molecule has 1 N–H and O–H groups in total. The minimum atomic E-state index is -0.617. The van der Waals surface area contributed by atoms with E-state index in [2.05, 4.69) is 5.32 Å². The lowest BCUT2D eigenvalue weighted by atomic mass is 10.2. The van der Waals surface area contributed by atoms with Gasteiger partial charge < -0.3 is 10.1 Å². The zero-order chi connectivity index (χ0) is 22.9. The van der Waals surface area contributed by atoms with Gasteiger partial charge >= 0.3 is 5.97 Å². The number of benzene rings is 3. The van der Waals surface area contributed by atoms with Crippen molar-refractivity contribution >= 4 is 70.0 Å². The van der Waals surface area contributed by atoms with Crippen LogP contribution in [0.15, 0.2) is 81.4 Å². The Morgan fingerprint density at radius 2 is 1.70 bits per heavy atom. The SMILES string of the molecule is O=C(CC1Sc2ccccc2NC1=O)OCC(=O)N1c2ccccc2Sc2ccc(Cl)cc21. The number of carbonyl (C=O) groups is 3. The average Bonchev–Trinajstić information content (AvgIpc) is 2.81. The highest BCUT2D eigenvalue weighted by Gasteiger charge is 2.31. The van der Waals surface area contributed by atoms with Gasteiger partial charge in [-0.3, -0.25) is 19.3 Å². The number of rotatable bonds is 4. The number of fused-ring (bicyclic) bond motifs is 3. The molecule has 33 heavy (non-hydrogen) atoms. The van der Waals surface area contributed by atoms with Crippen molar-refractivity contribution in [2.75, 3.05) is 16.8 Å². The van der Waals surface area contributed by atoms with Crippen molar-refractivity contribution in [2.45, 2.75) is 26.4 Å². The van der Waals surface area contributed by atoms with Gasteiger partial charge in [0.05, 0.1) is 28.7 Å². The molecule has 0 radical (unpaired) electrons. The third-order valence-corrected chi connectivity index (χ3v) is 7.79. The predicted octanol–water partition coefficient (Wildman–Crippen LogP) is 5.52. The van der Waals surface area contributed by atoms with Gasteiger partial charge in [-0.25, -0.2) is 0 Å². The number of anilines is 3. The third-order valence-electron chi connectivity index (χ3n) is 5.15. The first-order valence-corrected chi connectivity index (χ1v) is 12.2. The van der Waals surface area contributed by atoms with Gasteiger partial charge in [-0.2, -0.15) is 0 Å². The zero-order valence-electron chi connectivity index (χ0n) is 17.1. The van der Waals surface area contributed by atoms with E-state index in [9.17, 15) is 14.4 Å². The molecule has 166 valence electrons. The Morgan fingerprint density at radius 1 is 0.970 bits per heavy atom. The number of halogens is 1. The highest BCUT2D eigenvalue weighted by Crippen LogP contribution is 2.48. The summed E-state index contributed by atoms with van der Waals surface area (Å²) in [5.41, 5.74) is 2.08. The maximum atomic E-state index is 13.2. The lowest BCUT2D eigenvalue weighted by molar-refractivity contribution is -0.148. The molecule has 0 spiro atoms. The van der Waals surface area contributed by atoms with Gasteiger partial charge in [0.1, 0.15) is 0 Å². The number of para-hydroxylation sites is 2. The monoisotopic (exact) mass is 496 g/mol. The van der Waals surface area contributed by atoms with Crippen LogP contribution in [0.1, 0.15) is 6.42 Å². The second-order valence-electron chi connectivity index (χ2n) is 7.37. The summed E-state index contributed by atoms with van der Waals surface area (Å²) in [6, 6.07) is 20.3. The molecule has 0 fully saturated rings. The van der Waals surface area contributed by atoms with Gasteiger partial charge in [-0.05, 0) is 42.5 Å². The molecule has 0 aliphatic carbocycles. The molecule has 3 aromatic carbocycles. The van der Waals surface area contributed by atoms with Crippen LogP contribution in [0.4, 0.5) is 17.1 Å². The number of thioether (sulfide) groups is 1. The molecule has 0 aromatic heterocycles. The second-order valence-corrected chi connectivity index (χ2v) is 10.1. The van der Waals surface area contributed by atoms with Gasteiger partial charge in [0, 0.05) is 19.7 Å². The lowest BCUT2D eigenvalue weighted by Crippen LogP contribution is -2.34. The van der Waals surface area contributed by atoms with E-state index in [0.717, 1.165) is 20.4 Å². The van der Waals surface area contributed by atoms with Crippen LogP contribution in [0.2, 0.25) is 5.02 Å². The summed E-state index contributed by atoms with van der Waals surface area (Å²) < 4.78 is 5.29. The van der Waals surface area contributed by atoms with Crippen LogP contribution in [0.25, 0.3) is 0 Å². The molecule has 1 unspecified atom stereocenters. The third kappa shape index (κ3) is 4.46. The van der Waals surface area contributed by atoms with Gasteiger partial charge in [0.25, 0.3) is 5.91 Å². The minimum Gasteiger partial charge on any atom is -0.455 e. The first-order valence-electron chi connectivity index (χ1n) is 10.1. The van der Waals surface area contributed by atoms with Gasteiger partial charge in [0.2, 0.25) is 5.91 Å². The van der Waals surface area contributed by atoms with Crippen molar-refractivity contribution < 1.29 is 19.1 Å². The summed E-state index contributed by atoms with van der Waals surface area (Å²) in [6.07, 6.45) is -0.132. The van der Waals surface area contributed by atoms with Gasteiger partial charge in [-0.1, -0.05) is 47.6 Å². The average molecular weight is 497 g/mol. The molecule has 0 saturated heterocycles. The summed E-state index contributed by atoms with van der Waals surface area (Å²) in [7, 11) is 0. The number of esters is 1. The smallest absolute Gasteiger partial charge is 0.307 e. The topological polar surface area (TPSA) is 75.7 Å². The standard InChI is InChI=1S/C24H17ClN2O4S2/c25-14-9-10-20-17(11-14)27(16-6-2-4-8-19(16)33-20)22(28)13-31-23(29)12-21-24(30)26-15-5-1-3-7-18(15)32-21/h1-11,21H,12-13H2,(H,26,30). The molecule has 0 bridgehead atoms. The molecule has 2 aliphatic heterocycles. The van der Waals surface area contributed by atoms with E-state index >= 15 is 0 Å². The Hall–Kier alpha value is -2.94. The van der Waals surface area contributed by atoms with E-state index < -0.39 is 23.7 Å². The van der Waals surface area contributed by atoms with Crippen LogP contribution >= 0.6 is 35.1 Å². The number of nitrogens with one attached hydrogen (secondary N) is 1. The molecule has 6 nitrogen and oxygen atoms in total. The minimum absolute atomic E-state index is 0.132. The molecular weight excluding hydrogens is 480 g/mol. The highest BCUT2D eigenvalue weighted by molar-refractivity contribution is 8.01. The maximum Gasteiger partial charge on any atom is 0.307 e. The fourth-order valence-electron chi connectivity index (χ4n) is 3.64. The second kappa shape index (κ2) is 9.13. The number of hydrogen-bond acceptors (Lipinski definition) is 6. The van der Waals surface area contributed by atoms with Crippen LogP contribution in [0.3, 0.4) is 0 Å². The van der Waals surface area contributed by atoms with Crippen molar-refractivity contribution in [3.05, 3.63) is 71.8 Å². The Labute approximate surface area is 203 Å². The normalized spacial score (nSPS) is 16.2. The number of nitrogens with zero attached hydrogens (tertiary/aromatic N) is 1. The molecular formula is C24H17ClN2O4S2. The van der Waals surface area contributed by atoms with Gasteiger partial charge in [0.15, 0.2) is 6.61 Å². The van der Waals surface area contributed by atoms with E-state index in [1.807, 2.05) is 54.6 Å². The molecule has 1 atom stereocenters. The van der Waals surface area contributed by atoms with Crippen LogP contribution in [-0.4, -0.2) is 29.6 Å². The molecule has 2 aliphatic rings. The number of hydrogen-bond donors (Lipinski definition) is 1. The summed E-state index contributed by atoms with van der Waals surface area (Å²) in [5, 5.41) is 2.69. The van der Waals surface area contributed by atoms with Crippen molar-refractivity contribution in [3.63, 3.8) is 0 Å². The van der Waals surface area contributed by atoms with Crippen LogP contribution < -0.4 is 10.2 Å². The van der Waals surface area contributed by atoms with Crippen molar-refractivity contribution in [1.29, 1.82) is 0 Å². The Kier molecular flexibility index (Phi) is 6.05. The van der Waals surface area contributed by atoms with Crippen molar-refractivity contribution in [1.82, 2.24) is 0 Å². The van der Waals surface area contributed by atoms with E-state index in [0.29, 0.717) is 16.4 Å². The van der Waals surface area contributed by atoms with Crippen molar-refractivity contribution in [3.8, 4) is 0 Å². The summed E-state index contributed by atoms with van der Waals surface area (Å²) in [5.74, 6) is -1.26. The molecule has 5 rings (SSSR count). The molecule has 2 amide bonds. The number of ether oxygens (including phenoxy) is 1. The first-order chi connectivity index (χ1) is 16.0. The van der Waals surface area contributed by atoms with Crippen molar-refractivity contribution in [2.24, 2.45) is 0 Å². The number of carbonyl (C=O) groups excluding carboxylic acids is 3. The zero-order valence-corrected chi connectivity index (χ0v) is 19.5. The molecule has 0 saturated carbocycles. The Morgan fingerprint density at radius 3 is 2.55 bits per heavy atom.